The normalized spacial score (nSPS) is 23.5. The summed E-state index contributed by atoms with van der Waals surface area (Å²) in [6.07, 6.45) is 4.85. The van der Waals surface area contributed by atoms with Gasteiger partial charge in [-0.15, -0.1) is 0 Å². The first kappa shape index (κ1) is 19.1. The number of pyridine rings is 1. The lowest BCUT2D eigenvalue weighted by molar-refractivity contribution is -0.126. The fourth-order valence-electron chi connectivity index (χ4n) is 5.39. The highest BCUT2D eigenvalue weighted by Gasteiger charge is 2.43. The predicted molar refractivity (Wildman–Crippen MR) is 117 cm³/mol. The van der Waals surface area contributed by atoms with E-state index in [1.54, 1.807) is 12.1 Å². The van der Waals surface area contributed by atoms with Crippen molar-refractivity contribution < 1.29 is 4.79 Å². The van der Waals surface area contributed by atoms with Crippen molar-refractivity contribution in [3.8, 4) is 6.07 Å². The van der Waals surface area contributed by atoms with E-state index in [1.165, 1.54) is 6.42 Å². The molecule has 2 N–H and O–H groups in total. The monoisotopic (exact) mass is 419 g/mol. The zero-order valence-electron chi connectivity index (χ0n) is 16.5. The molecule has 6 heteroatoms. The Morgan fingerprint density at radius 2 is 2.00 bits per heavy atom. The zero-order valence-corrected chi connectivity index (χ0v) is 17.2. The van der Waals surface area contributed by atoms with Crippen LogP contribution in [0.4, 0.5) is 0 Å². The fourth-order valence-corrected chi connectivity index (χ4v) is 5.57. The zero-order chi connectivity index (χ0) is 20.8. The Hall–Kier alpha value is -2.84. The van der Waals surface area contributed by atoms with Crippen LogP contribution in [-0.4, -0.2) is 16.9 Å². The van der Waals surface area contributed by atoms with Gasteiger partial charge in [0.2, 0.25) is 5.91 Å². The molecular weight excluding hydrogens is 398 g/mol. The van der Waals surface area contributed by atoms with E-state index in [-0.39, 0.29) is 17.4 Å². The highest BCUT2D eigenvalue weighted by molar-refractivity contribution is 6.31. The largest absolute Gasteiger partial charge is 0.340 e. The van der Waals surface area contributed by atoms with Crippen LogP contribution in [0.15, 0.2) is 41.2 Å². The number of carbonyl (C=O) groups excluding carboxylic acids is 1. The highest BCUT2D eigenvalue weighted by Crippen LogP contribution is 2.48. The molecule has 0 spiro atoms. The van der Waals surface area contributed by atoms with Crippen molar-refractivity contribution in [3.63, 3.8) is 0 Å². The number of hydrogen-bond donors (Lipinski definition) is 2. The first-order chi connectivity index (χ1) is 14.5. The van der Waals surface area contributed by atoms with E-state index in [1.807, 2.05) is 24.3 Å². The molecule has 5 nitrogen and oxygen atoms in total. The third-order valence-corrected chi connectivity index (χ3v) is 7.07. The molecule has 1 amide bonds. The number of aromatic nitrogens is 1. The minimum atomic E-state index is -0.604. The molecule has 152 valence electrons. The standard InChI is InChI=1S/C24H22ClN3O2/c25-16-4-6-19-18-5-2-14(10-21(18)24(30)28-22(19)11-16)8-17(12-26)27-23(29)20-9-13-1-3-15(20)7-13/h2,4-6,10-11,13,15,17,20H,1,3,7-9H2,(H,27,29)(H,28,30)/t13-,15+,17?,20+/m1/s1. The highest BCUT2D eigenvalue weighted by atomic mass is 35.5. The Kier molecular flexibility index (Phi) is 4.75. The average molecular weight is 420 g/mol. The molecule has 0 saturated heterocycles. The van der Waals surface area contributed by atoms with E-state index in [9.17, 15) is 14.9 Å². The van der Waals surface area contributed by atoms with Crippen LogP contribution in [0.25, 0.3) is 21.7 Å². The van der Waals surface area contributed by atoms with E-state index in [2.05, 4.69) is 16.4 Å². The summed E-state index contributed by atoms with van der Waals surface area (Å²) in [6, 6.07) is 12.7. The molecule has 4 atom stereocenters. The number of amides is 1. The van der Waals surface area contributed by atoms with Crippen molar-refractivity contribution in [2.75, 3.05) is 0 Å². The van der Waals surface area contributed by atoms with Crippen LogP contribution in [0.1, 0.15) is 31.2 Å². The van der Waals surface area contributed by atoms with Crippen molar-refractivity contribution in [2.45, 2.75) is 38.1 Å². The summed E-state index contributed by atoms with van der Waals surface area (Å²) in [5.74, 6) is 1.23. The van der Waals surface area contributed by atoms with Crippen LogP contribution < -0.4 is 10.9 Å². The number of nitrogens with one attached hydrogen (secondary N) is 2. The second-order valence-electron chi connectivity index (χ2n) is 8.70. The van der Waals surface area contributed by atoms with Gasteiger partial charge in [0, 0.05) is 28.1 Å². The van der Waals surface area contributed by atoms with Crippen molar-refractivity contribution >= 4 is 39.2 Å². The minimum Gasteiger partial charge on any atom is -0.340 e. The number of rotatable bonds is 4. The smallest absolute Gasteiger partial charge is 0.256 e. The number of carbonyl (C=O) groups is 1. The van der Waals surface area contributed by atoms with Crippen LogP contribution in [-0.2, 0) is 11.2 Å². The molecule has 30 heavy (non-hydrogen) atoms. The van der Waals surface area contributed by atoms with E-state index in [4.69, 9.17) is 11.6 Å². The van der Waals surface area contributed by atoms with Gasteiger partial charge in [-0.25, -0.2) is 0 Å². The SMILES string of the molecule is N#CC(Cc1ccc2c(c1)c(=O)[nH]c1cc(Cl)ccc12)NC(=O)[C@H]1C[C@@H]2CC[C@H]1C2. The lowest BCUT2D eigenvalue weighted by atomic mass is 9.88. The first-order valence-corrected chi connectivity index (χ1v) is 10.8. The number of nitrogens with zero attached hydrogens (tertiary/aromatic N) is 1. The van der Waals surface area contributed by atoms with Crippen molar-refractivity contribution in [1.29, 1.82) is 5.26 Å². The Balaban J connectivity index is 1.39. The quantitative estimate of drug-likeness (QED) is 0.617. The third kappa shape index (κ3) is 3.36. The lowest BCUT2D eigenvalue weighted by Gasteiger charge is -2.22. The number of nitriles is 1. The fraction of sp³-hybridized carbons (Fsp3) is 0.375. The average Bonchev–Trinajstić information content (AvgIpc) is 3.37. The molecule has 1 unspecified atom stereocenters. The Morgan fingerprint density at radius 3 is 2.73 bits per heavy atom. The molecule has 1 aromatic heterocycles. The van der Waals surface area contributed by atoms with Gasteiger partial charge in [0.15, 0.2) is 0 Å². The molecule has 2 fully saturated rings. The summed E-state index contributed by atoms with van der Waals surface area (Å²) in [7, 11) is 0. The second kappa shape index (κ2) is 7.45. The summed E-state index contributed by atoms with van der Waals surface area (Å²) >= 11 is 6.04. The molecule has 2 aliphatic rings. The van der Waals surface area contributed by atoms with Crippen LogP contribution in [0.5, 0.6) is 0 Å². The van der Waals surface area contributed by atoms with Gasteiger partial charge in [0.25, 0.3) is 5.56 Å². The van der Waals surface area contributed by atoms with E-state index in [0.29, 0.717) is 34.2 Å². The van der Waals surface area contributed by atoms with Gasteiger partial charge in [0.1, 0.15) is 6.04 Å². The number of H-pyrrole nitrogens is 1. The topological polar surface area (TPSA) is 85.8 Å². The van der Waals surface area contributed by atoms with Crippen LogP contribution >= 0.6 is 11.6 Å². The molecule has 2 aliphatic carbocycles. The molecule has 2 aromatic carbocycles. The number of halogens is 1. The molecule has 0 aliphatic heterocycles. The molecular formula is C24H22ClN3O2. The molecule has 5 rings (SSSR count). The molecule has 3 aromatic rings. The van der Waals surface area contributed by atoms with Gasteiger partial charge in [-0.05, 0) is 60.2 Å². The van der Waals surface area contributed by atoms with Crippen LogP contribution in [0, 0.1) is 29.1 Å². The third-order valence-electron chi connectivity index (χ3n) is 6.84. The number of fused-ring (bicyclic) bond motifs is 5. The maximum atomic E-state index is 12.7. The lowest BCUT2D eigenvalue weighted by Crippen LogP contribution is -2.41. The first-order valence-electron chi connectivity index (χ1n) is 10.5. The van der Waals surface area contributed by atoms with Gasteiger partial charge in [-0.1, -0.05) is 36.2 Å². The summed E-state index contributed by atoms with van der Waals surface area (Å²) < 4.78 is 0. The number of aromatic amines is 1. The van der Waals surface area contributed by atoms with Gasteiger partial charge < -0.3 is 10.3 Å². The van der Waals surface area contributed by atoms with E-state index >= 15 is 0 Å². The molecule has 0 radical (unpaired) electrons. The maximum absolute atomic E-state index is 12.7. The van der Waals surface area contributed by atoms with Crippen molar-refractivity contribution in [1.82, 2.24) is 10.3 Å². The second-order valence-corrected chi connectivity index (χ2v) is 9.14. The molecule has 1 heterocycles. The summed E-state index contributed by atoms with van der Waals surface area (Å²) in [4.78, 5) is 28.2. The van der Waals surface area contributed by atoms with Crippen molar-refractivity contribution in [3.05, 3.63) is 57.3 Å². The Morgan fingerprint density at radius 1 is 1.17 bits per heavy atom. The summed E-state index contributed by atoms with van der Waals surface area (Å²) in [5, 5.41) is 15.4. The Labute approximate surface area is 179 Å². The molecule has 2 bridgehead atoms. The predicted octanol–water partition coefficient (Wildman–Crippen LogP) is 4.32. The van der Waals surface area contributed by atoms with Gasteiger partial charge in [-0.2, -0.15) is 5.26 Å². The summed E-state index contributed by atoms with van der Waals surface area (Å²) in [5.41, 5.74) is 1.35. The number of benzene rings is 2. The van der Waals surface area contributed by atoms with Gasteiger partial charge >= 0.3 is 0 Å². The van der Waals surface area contributed by atoms with Gasteiger partial charge in [-0.3, -0.25) is 9.59 Å². The van der Waals surface area contributed by atoms with E-state index in [0.717, 1.165) is 35.6 Å². The summed E-state index contributed by atoms with van der Waals surface area (Å²) in [6.45, 7) is 0. The van der Waals surface area contributed by atoms with Gasteiger partial charge in [0.05, 0.1) is 11.6 Å². The van der Waals surface area contributed by atoms with Crippen LogP contribution in [0.3, 0.4) is 0 Å². The maximum Gasteiger partial charge on any atom is 0.256 e. The Bertz CT molecular complexity index is 1260. The number of hydrogen-bond acceptors (Lipinski definition) is 3. The van der Waals surface area contributed by atoms with Crippen LogP contribution in [0.2, 0.25) is 5.02 Å². The van der Waals surface area contributed by atoms with Crippen molar-refractivity contribution in [2.24, 2.45) is 17.8 Å². The minimum absolute atomic E-state index is 0.00950. The molecule has 2 saturated carbocycles. The van der Waals surface area contributed by atoms with E-state index < -0.39 is 6.04 Å².